The molecule has 0 fully saturated rings. The first kappa shape index (κ1) is 19.1. The zero-order valence-corrected chi connectivity index (χ0v) is 16.2. The lowest BCUT2D eigenvalue weighted by atomic mass is 9.82. The van der Waals surface area contributed by atoms with Crippen LogP contribution in [0.25, 0.3) is 0 Å². The van der Waals surface area contributed by atoms with Gasteiger partial charge in [-0.2, -0.15) is 8.42 Å². The van der Waals surface area contributed by atoms with Crippen molar-refractivity contribution in [3.8, 4) is 0 Å². The van der Waals surface area contributed by atoms with Gasteiger partial charge in [0.15, 0.2) is 11.6 Å². The third-order valence-corrected chi connectivity index (χ3v) is 5.84. The van der Waals surface area contributed by atoms with Gasteiger partial charge in [-0.3, -0.25) is 14.1 Å². The summed E-state index contributed by atoms with van der Waals surface area (Å²) in [5, 5.41) is 3.19. The van der Waals surface area contributed by atoms with Crippen molar-refractivity contribution in [2.45, 2.75) is 4.90 Å². The fraction of sp³-hybridized carbons (Fsp3) is 0. The second-order valence-electron chi connectivity index (χ2n) is 6.37. The van der Waals surface area contributed by atoms with Gasteiger partial charge in [0, 0.05) is 11.1 Å². The minimum Gasteiger partial charge on any atom is -0.397 e. The van der Waals surface area contributed by atoms with E-state index in [1.165, 1.54) is 12.1 Å². The Bertz CT molecular complexity index is 1320. The molecule has 0 saturated carbocycles. The molecule has 0 bridgehead atoms. The Labute approximate surface area is 170 Å². The van der Waals surface area contributed by atoms with E-state index in [4.69, 9.17) is 17.3 Å². The first-order chi connectivity index (χ1) is 13.7. The van der Waals surface area contributed by atoms with Crippen molar-refractivity contribution in [1.82, 2.24) is 0 Å². The number of anilines is 3. The van der Waals surface area contributed by atoms with Crippen LogP contribution in [0.1, 0.15) is 31.8 Å². The highest BCUT2D eigenvalue weighted by Gasteiger charge is 2.36. The molecule has 0 unspecified atom stereocenters. The quantitative estimate of drug-likeness (QED) is 0.335. The van der Waals surface area contributed by atoms with Crippen LogP contribution < -0.4 is 11.1 Å². The molecule has 3 aromatic rings. The van der Waals surface area contributed by atoms with Gasteiger partial charge in [-0.15, -0.1) is 0 Å². The third-order valence-electron chi connectivity index (χ3n) is 4.62. The van der Waals surface area contributed by atoms with Crippen LogP contribution in [-0.4, -0.2) is 24.5 Å². The highest BCUT2D eigenvalue weighted by Crippen LogP contribution is 2.40. The Balaban J connectivity index is 2.05. The summed E-state index contributed by atoms with van der Waals surface area (Å²) in [4.78, 5) is 25.6. The number of benzene rings is 3. The largest absolute Gasteiger partial charge is 0.397 e. The van der Waals surface area contributed by atoms with E-state index in [0.717, 1.165) is 6.07 Å². The van der Waals surface area contributed by atoms with Crippen molar-refractivity contribution < 1.29 is 22.6 Å². The minimum absolute atomic E-state index is 0.0113. The molecule has 9 heteroatoms. The smallest absolute Gasteiger partial charge is 0.296 e. The number of ketones is 2. The van der Waals surface area contributed by atoms with E-state index in [9.17, 15) is 22.6 Å². The molecule has 29 heavy (non-hydrogen) atoms. The molecule has 0 aliphatic heterocycles. The van der Waals surface area contributed by atoms with Gasteiger partial charge in [0.1, 0.15) is 4.90 Å². The summed E-state index contributed by atoms with van der Waals surface area (Å²) in [6.07, 6.45) is 0. The number of nitrogens with two attached hydrogens (primary N) is 1. The summed E-state index contributed by atoms with van der Waals surface area (Å²) in [6, 6.07) is 13.8. The average molecular weight is 429 g/mol. The van der Waals surface area contributed by atoms with E-state index >= 15 is 0 Å². The molecule has 0 heterocycles. The summed E-state index contributed by atoms with van der Waals surface area (Å²) >= 11 is 6.16. The molecule has 0 amide bonds. The zero-order chi connectivity index (χ0) is 20.9. The van der Waals surface area contributed by atoms with Gasteiger partial charge in [0.2, 0.25) is 0 Å². The van der Waals surface area contributed by atoms with Crippen LogP contribution in [0.15, 0.2) is 59.5 Å². The molecule has 7 nitrogen and oxygen atoms in total. The van der Waals surface area contributed by atoms with Gasteiger partial charge in [-0.05, 0) is 18.2 Å². The molecule has 3 aromatic carbocycles. The third kappa shape index (κ3) is 3.07. The van der Waals surface area contributed by atoms with Crippen LogP contribution in [0, 0.1) is 0 Å². The summed E-state index contributed by atoms with van der Waals surface area (Å²) < 4.78 is 33.3. The number of fused-ring (bicyclic) bond motifs is 2. The van der Waals surface area contributed by atoms with E-state index in [1.54, 1.807) is 36.4 Å². The second kappa shape index (κ2) is 6.70. The lowest BCUT2D eigenvalue weighted by Gasteiger charge is -2.23. The predicted octanol–water partition coefficient (Wildman–Crippen LogP) is 3.69. The molecule has 1 aliphatic rings. The number of carbonyl (C=O) groups is 2. The Morgan fingerprint density at radius 3 is 2.00 bits per heavy atom. The first-order valence-corrected chi connectivity index (χ1v) is 10.2. The van der Waals surface area contributed by atoms with Crippen LogP contribution in [0.4, 0.5) is 17.1 Å². The van der Waals surface area contributed by atoms with Gasteiger partial charge >= 0.3 is 0 Å². The molecular formula is C20H13ClN2O5S. The van der Waals surface area contributed by atoms with Gasteiger partial charge in [0.25, 0.3) is 10.1 Å². The summed E-state index contributed by atoms with van der Waals surface area (Å²) in [7, 11) is -4.77. The summed E-state index contributed by atoms with van der Waals surface area (Å²) in [5.41, 5.74) is 5.72. The molecule has 0 saturated heterocycles. The number of rotatable bonds is 3. The van der Waals surface area contributed by atoms with Crippen molar-refractivity contribution in [1.29, 1.82) is 0 Å². The van der Waals surface area contributed by atoms with Crippen molar-refractivity contribution in [2.75, 3.05) is 11.1 Å². The minimum atomic E-state index is -4.77. The average Bonchev–Trinajstić information content (AvgIpc) is 2.68. The van der Waals surface area contributed by atoms with Crippen molar-refractivity contribution >= 4 is 50.3 Å². The van der Waals surface area contributed by atoms with Crippen LogP contribution in [-0.2, 0) is 10.1 Å². The Kier molecular flexibility index (Phi) is 4.42. The predicted molar refractivity (Wildman–Crippen MR) is 109 cm³/mol. The fourth-order valence-corrected chi connectivity index (χ4v) is 4.14. The maximum atomic E-state index is 13.2. The van der Waals surface area contributed by atoms with E-state index in [-0.39, 0.29) is 27.9 Å². The van der Waals surface area contributed by atoms with Crippen LogP contribution in [0.5, 0.6) is 0 Å². The van der Waals surface area contributed by atoms with E-state index in [2.05, 4.69) is 5.32 Å². The van der Waals surface area contributed by atoms with Gasteiger partial charge < -0.3 is 11.1 Å². The molecule has 4 N–H and O–H groups in total. The molecule has 0 atom stereocenters. The number of hydrogen-bond donors (Lipinski definition) is 3. The molecular weight excluding hydrogens is 416 g/mol. The lowest BCUT2D eigenvalue weighted by molar-refractivity contribution is 0.0980. The lowest BCUT2D eigenvalue weighted by Crippen LogP contribution is -2.25. The topological polar surface area (TPSA) is 127 Å². The Hall–Kier alpha value is -3.20. The normalized spacial score (nSPS) is 13.0. The number of nitrogens with one attached hydrogen (secondary N) is 1. The number of nitrogen functional groups attached to an aromatic ring is 1. The van der Waals surface area contributed by atoms with Crippen molar-refractivity contribution in [3.63, 3.8) is 0 Å². The van der Waals surface area contributed by atoms with Crippen LogP contribution in [0.3, 0.4) is 0 Å². The molecule has 146 valence electrons. The monoisotopic (exact) mass is 428 g/mol. The SMILES string of the molecule is Nc1c(S(=O)(=O)O)cc(Nc2ccccc2Cl)c2c1C(=O)c1ccccc1C2=O. The summed E-state index contributed by atoms with van der Waals surface area (Å²) in [6.45, 7) is 0. The maximum absolute atomic E-state index is 13.2. The van der Waals surface area contributed by atoms with E-state index in [1.807, 2.05) is 0 Å². The first-order valence-electron chi connectivity index (χ1n) is 8.34. The van der Waals surface area contributed by atoms with Gasteiger partial charge in [0.05, 0.1) is 33.2 Å². The van der Waals surface area contributed by atoms with E-state index in [0.29, 0.717) is 10.7 Å². The molecule has 0 spiro atoms. The molecule has 4 rings (SSSR count). The second-order valence-corrected chi connectivity index (χ2v) is 8.17. The fourth-order valence-electron chi connectivity index (χ4n) is 3.31. The van der Waals surface area contributed by atoms with E-state index < -0.39 is 32.3 Å². The zero-order valence-electron chi connectivity index (χ0n) is 14.6. The van der Waals surface area contributed by atoms with Crippen LogP contribution >= 0.6 is 11.6 Å². The summed E-state index contributed by atoms with van der Waals surface area (Å²) in [5.74, 6) is -1.11. The number of para-hydroxylation sites is 1. The molecule has 0 aromatic heterocycles. The maximum Gasteiger partial charge on any atom is 0.296 e. The number of hydrogen-bond acceptors (Lipinski definition) is 6. The Morgan fingerprint density at radius 1 is 0.862 bits per heavy atom. The highest BCUT2D eigenvalue weighted by molar-refractivity contribution is 7.86. The van der Waals surface area contributed by atoms with Crippen LogP contribution in [0.2, 0.25) is 5.02 Å². The van der Waals surface area contributed by atoms with Gasteiger partial charge in [-0.25, -0.2) is 0 Å². The van der Waals surface area contributed by atoms with Crippen molar-refractivity contribution in [3.05, 3.63) is 81.9 Å². The highest BCUT2D eigenvalue weighted by atomic mass is 35.5. The molecule has 0 radical (unpaired) electrons. The molecule has 1 aliphatic carbocycles. The Morgan fingerprint density at radius 2 is 1.41 bits per heavy atom. The number of carbonyl (C=O) groups excluding carboxylic acids is 2. The van der Waals surface area contributed by atoms with Gasteiger partial charge in [-0.1, -0.05) is 48.0 Å². The van der Waals surface area contributed by atoms with Crippen molar-refractivity contribution in [2.24, 2.45) is 0 Å². The number of halogens is 1. The standard InChI is InChI=1S/C20H13ClN2O5S/c21-12-7-3-4-8-13(12)23-14-9-15(29(26,27)28)18(22)17-16(14)19(24)10-5-1-2-6-11(10)20(17)25/h1-9,23H,22H2,(H,26,27,28).